The minimum Gasteiger partial charge on any atom is -0.347 e. The van der Waals surface area contributed by atoms with Crippen LogP contribution in [0.25, 0.3) is 0 Å². The number of nitrogens with two attached hydrogens (primary N) is 1. The Morgan fingerprint density at radius 2 is 2.13 bits per heavy atom. The van der Waals surface area contributed by atoms with Gasteiger partial charge in [0.2, 0.25) is 11.8 Å². The van der Waals surface area contributed by atoms with Crippen molar-refractivity contribution < 1.29 is 9.59 Å². The minimum atomic E-state index is -0.478. The van der Waals surface area contributed by atoms with E-state index in [0.29, 0.717) is 0 Å². The van der Waals surface area contributed by atoms with Crippen molar-refractivity contribution in [1.29, 1.82) is 0 Å². The van der Waals surface area contributed by atoms with E-state index in [9.17, 15) is 9.59 Å². The van der Waals surface area contributed by atoms with Crippen LogP contribution in [0.15, 0.2) is 24.3 Å². The number of rotatable bonds is 5. The molecule has 2 atom stereocenters. The average molecular weight is 317 g/mol. The Balaban J connectivity index is 1.85. The van der Waals surface area contributed by atoms with Crippen molar-refractivity contribution in [3.63, 3.8) is 0 Å². The summed E-state index contributed by atoms with van der Waals surface area (Å²) in [5.74, 6) is -0.555. The quantitative estimate of drug-likeness (QED) is 0.778. The maximum Gasteiger partial charge on any atom is 0.243 e. The first-order chi connectivity index (χ1) is 10.9. The summed E-state index contributed by atoms with van der Waals surface area (Å²) in [4.78, 5) is 24.3. The molecule has 23 heavy (non-hydrogen) atoms. The first kappa shape index (κ1) is 17.5. The third-order valence-corrected chi connectivity index (χ3v) is 4.61. The fraction of sp³-hybridized carbons (Fsp3) is 0.556. The van der Waals surface area contributed by atoms with Crippen LogP contribution in [0.1, 0.15) is 45.1 Å². The van der Waals surface area contributed by atoms with Gasteiger partial charge in [0.05, 0.1) is 12.5 Å². The van der Waals surface area contributed by atoms with Crippen molar-refractivity contribution in [3.8, 4) is 0 Å². The molecule has 126 valence electrons. The molecule has 0 spiro atoms. The first-order valence-corrected chi connectivity index (χ1v) is 8.38. The molecule has 2 unspecified atom stereocenters. The van der Waals surface area contributed by atoms with Crippen LogP contribution < -0.4 is 16.4 Å². The predicted octanol–water partition coefficient (Wildman–Crippen LogP) is 2.21. The van der Waals surface area contributed by atoms with Gasteiger partial charge >= 0.3 is 0 Å². The number of hydrogen-bond donors (Lipinski definition) is 3. The van der Waals surface area contributed by atoms with Gasteiger partial charge in [-0.05, 0) is 43.9 Å². The second-order valence-corrected chi connectivity index (χ2v) is 6.62. The lowest BCUT2D eigenvalue weighted by Gasteiger charge is -2.37. The number of aryl methyl sites for hydroxylation is 1. The standard InChI is InChI=1S/C18H27N3O2/c1-3-13-7-6-8-14(11-13)21-16(22)12-20-17(23)15-9-4-5-10-18(15,2)19/h6-8,11,15H,3-5,9-10,12,19H2,1-2H3,(H,20,23)(H,21,22). The molecule has 1 fully saturated rings. The number of benzene rings is 1. The number of anilines is 1. The number of hydrogen-bond acceptors (Lipinski definition) is 3. The zero-order valence-corrected chi connectivity index (χ0v) is 14.0. The van der Waals surface area contributed by atoms with Crippen LogP contribution in [0, 0.1) is 5.92 Å². The van der Waals surface area contributed by atoms with Crippen LogP contribution in [0.2, 0.25) is 0 Å². The van der Waals surface area contributed by atoms with Gasteiger partial charge in [-0.2, -0.15) is 0 Å². The monoisotopic (exact) mass is 317 g/mol. The highest BCUT2D eigenvalue weighted by molar-refractivity contribution is 5.95. The molecule has 0 aromatic heterocycles. The number of nitrogens with one attached hydrogen (secondary N) is 2. The maximum atomic E-state index is 12.3. The van der Waals surface area contributed by atoms with Crippen molar-refractivity contribution in [3.05, 3.63) is 29.8 Å². The fourth-order valence-corrected chi connectivity index (χ4v) is 3.15. The van der Waals surface area contributed by atoms with Gasteiger partial charge in [0, 0.05) is 11.2 Å². The second-order valence-electron chi connectivity index (χ2n) is 6.62. The molecule has 1 aliphatic rings. The normalized spacial score (nSPS) is 24.0. The third-order valence-electron chi connectivity index (χ3n) is 4.61. The summed E-state index contributed by atoms with van der Waals surface area (Å²) in [5, 5.41) is 5.54. The lowest BCUT2D eigenvalue weighted by molar-refractivity contribution is -0.130. The summed E-state index contributed by atoms with van der Waals surface area (Å²) < 4.78 is 0. The maximum absolute atomic E-state index is 12.3. The molecular formula is C18H27N3O2. The van der Waals surface area contributed by atoms with Gasteiger partial charge in [-0.15, -0.1) is 0 Å². The van der Waals surface area contributed by atoms with Crippen LogP contribution >= 0.6 is 0 Å². The lowest BCUT2D eigenvalue weighted by Crippen LogP contribution is -2.53. The van der Waals surface area contributed by atoms with E-state index in [-0.39, 0.29) is 24.3 Å². The van der Waals surface area contributed by atoms with Crippen LogP contribution in [-0.2, 0) is 16.0 Å². The molecule has 2 rings (SSSR count). The summed E-state index contributed by atoms with van der Waals surface area (Å²) in [6, 6.07) is 7.71. The zero-order chi connectivity index (χ0) is 16.9. The van der Waals surface area contributed by atoms with E-state index < -0.39 is 5.54 Å². The molecule has 0 bridgehead atoms. The summed E-state index contributed by atoms with van der Waals surface area (Å²) in [6.07, 6.45) is 4.63. The van der Waals surface area contributed by atoms with Crippen molar-refractivity contribution in [2.45, 2.75) is 51.5 Å². The van der Waals surface area contributed by atoms with E-state index in [1.165, 1.54) is 0 Å². The highest BCUT2D eigenvalue weighted by Gasteiger charge is 2.37. The van der Waals surface area contributed by atoms with Gasteiger partial charge in [0.1, 0.15) is 0 Å². The number of carbonyl (C=O) groups is 2. The van der Waals surface area contributed by atoms with E-state index in [1.54, 1.807) is 0 Å². The number of amides is 2. The zero-order valence-electron chi connectivity index (χ0n) is 14.0. The molecule has 5 nitrogen and oxygen atoms in total. The van der Waals surface area contributed by atoms with Crippen molar-refractivity contribution >= 4 is 17.5 Å². The first-order valence-electron chi connectivity index (χ1n) is 8.38. The Kier molecular flexibility index (Phi) is 5.77. The molecule has 1 aromatic rings. The molecule has 0 saturated heterocycles. The molecule has 0 radical (unpaired) electrons. The van der Waals surface area contributed by atoms with E-state index in [2.05, 4.69) is 17.6 Å². The van der Waals surface area contributed by atoms with Crippen LogP contribution in [-0.4, -0.2) is 23.9 Å². The van der Waals surface area contributed by atoms with E-state index >= 15 is 0 Å². The van der Waals surface area contributed by atoms with Crippen molar-refractivity contribution in [1.82, 2.24) is 5.32 Å². The third kappa shape index (κ3) is 4.79. The Morgan fingerprint density at radius 1 is 1.35 bits per heavy atom. The van der Waals surface area contributed by atoms with Crippen molar-refractivity contribution in [2.75, 3.05) is 11.9 Å². The topological polar surface area (TPSA) is 84.2 Å². The lowest BCUT2D eigenvalue weighted by atomic mass is 9.74. The van der Waals surface area contributed by atoms with Crippen molar-refractivity contribution in [2.24, 2.45) is 11.7 Å². The van der Waals surface area contributed by atoms with Gasteiger partial charge in [0.15, 0.2) is 0 Å². The second kappa shape index (κ2) is 7.59. The summed E-state index contributed by atoms with van der Waals surface area (Å²) in [5.41, 5.74) is 7.66. The Morgan fingerprint density at radius 3 is 2.83 bits per heavy atom. The largest absolute Gasteiger partial charge is 0.347 e. The SMILES string of the molecule is CCc1cccc(NC(=O)CNC(=O)C2CCCCC2(C)N)c1. The van der Waals surface area contributed by atoms with Gasteiger partial charge < -0.3 is 16.4 Å². The van der Waals surface area contributed by atoms with Crippen LogP contribution in [0.5, 0.6) is 0 Å². The minimum absolute atomic E-state index is 0.0260. The van der Waals surface area contributed by atoms with Gasteiger partial charge in [-0.1, -0.05) is 31.9 Å². The molecule has 5 heteroatoms. The molecule has 1 saturated carbocycles. The summed E-state index contributed by atoms with van der Waals surface area (Å²) in [6.45, 7) is 3.96. The Labute approximate surface area is 138 Å². The smallest absolute Gasteiger partial charge is 0.243 e. The highest BCUT2D eigenvalue weighted by Crippen LogP contribution is 2.31. The summed E-state index contributed by atoms with van der Waals surface area (Å²) in [7, 11) is 0. The molecular weight excluding hydrogens is 290 g/mol. The molecule has 1 aromatic carbocycles. The fourth-order valence-electron chi connectivity index (χ4n) is 3.15. The molecule has 0 heterocycles. The van der Waals surface area contributed by atoms with Gasteiger partial charge in [-0.25, -0.2) is 0 Å². The van der Waals surface area contributed by atoms with Gasteiger partial charge in [0.25, 0.3) is 0 Å². The summed E-state index contributed by atoms with van der Waals surface area (Å²) >= 11 is 0. The Bertz CT molecular complexity index is 569. The highest BCUT2D eigenvalue weighted by atomic mass is 16.2. The molecule has 1 aliphatic carbocycles. The molecule has 4 N–H and O–H groups in total. The predicted molar refractivity (Wildman–Crippen MR) is 92.0 cm³/mol. The van der Waals surface area contributed by atoms with Crippen LogP contribution in [0.3, 0.4) is 0 Å². The van der Waals surface area contributed by atoms with E-state index in [0.717, 1.165) is 43.4 Å². The van der Waals surface area contributed by atoms with Crippen LogP contribution in [0.4, 0.5) is 5.69 Å². The van der Waals surface area contributed by atoms with E-state index in [1.807, 2.05) is 31.2 Å². The van der Waals surface area contributed by atoms with Gasteiger partial charge in [-0.3, -0.25) is 9.59 Å². The molecule has 2 amide bonds. The van der Waals surface area contributed by atoms with E-state index in [4.69, 9.17) is 5.73 Å². The average Bonchev–Trinajstić information content (AvgIpc) is 2.52. The number of carbonyl (C=O) groups excluding carboxylic acids is 2. The molecule has 0 aliphatic heterocycles. The Hall–Kier alpha value is -1.88.